The number of ether oxygens (including phenoxy) is 1. The van der Waals surface area contributed by atoms with E-state index < -0.39 is 17.8 Å². The summed E-state index contributed by atoms with van der Waals surface area (Å²) < 4.78 is 8.21. The summed E-state index contributed by atoms with van der Waals surface area (Å²) in [5.41, 5.74) is 2.49. The standard InChI is InChI=1S/C25H16Br2ClIN2O4/c1-13-8-16(6-7-18(13)26)31-24(33)17(23(32)30-25(31)34)9-14-10-19(27)22(21(29)11-14)35-12-15-4-2-3-5-20(15)28/h2-11H,12H2,1H3,(H,30,32,34)/b17-9+. The third-order valence-electron chi connectivity index (χ3n) is 5.16. The first-order valence-corrected chi connectivity index (χ1v) is 13.2. The zero-order chi connectivity index (χ0) is 25.3. The smallest absolute Gasteiger partial charge is 0.335 e. The lowest BCUT2D eigenvalue weighted by molar-refractivity contribution is -0.122. The van der Waals surface area contributed by atoms with Crippen LogP contribution in [0.3, 0.4) is 0 Å². The minimum atomic E-state index is -0.794. The number of hydrogen-bond donors (Lipinski definition) is 1. The molecule has 178 valence electrons. The van der Waals surface area contributed by atoms with E-state index in [-0.39, 0.29) is 12.2 Å². The fourth-order valence-corrected chi connectivity index (χ4v) is 5.60. The van der Waals surface area contributed by atoms with Gasteiger partial charge in [0, 0.05) is 15.1 Å². The Hall–Kier alpha value is -2.21. The Balaban J connectivity index is 1.62. The van der Waals surface area contributed by atoms with Gasteiger partial charge in [-0.3, -0.25) is 14.9 Å². The number of aryl methyl sites for hydroxylation is 1. The van der Waals surface area contributed by atoms with Gasteiger partial charge in [0.05, 0.1) is 13.7 Å². The number of anilines is 1. The van der Waals surface area contributed by atoms with Gasteiger partial charge >= 0.3 is 6.03 Å². The van der Waals surface area contributed by atoms with E-state index in [0.717, 1.165) is 24.1 Å². The molecule has 0 aliphatic carbocycles. The number of hydrogen-bond acceptors (Lipinski definition) is 4. The van der Waals surface area contributed by atoms with Gasteiger partial charge in [0.25, 0.3) is 11.8 Å². The third kappa shape index (κ3) is 5.63. The topological polar surface area (TPSA) is 75.7 Å². The predicted octanol–water partition coefficient (Wildman–Crippen LogP) is 7.02. The number of nitrogens with one attached hydrogen (secondary N) is 1. The van der Waals surface area contributed by atoms with Gasteiger partial charge in [-0.15, -0.1) is 0 Å². The highest BCUT2D eigenvalue weighted by molar-refractivity contribution is 14.1. The molecule has 4 rings (SSSR count). The Kier molecular flexibility index (Phi) is 7.99. The van der Waals surface area contributed by atoms with Crippen molar-refractivity contribution in [2.75, 3.05) is 4.90 Å². The van der Waals surface area contributed by atoms with Gasteiger partial charge in [-0.2, -0.15) is 0 Å². The van der Waals surface area contributed by atoms with Crippen LogP contribution in [-0.2, 0) is 16.2 Å². The SMILES string of the molecule is Cc1cc(N2C(=O)NC(=O)/C(=C\c3cc(Br)c(OCc4ccccc4Cl)c(I)c3)C2=O)ccc1Br. The first kappa shape index (κ1) is 25.9. The van der Waals surface area contributed by atoms with Crippen LogP contribution in [0.5, 0.6) is 5.75 Å². The fraction of sp³-hybridized carbons (Fsp3) is 0.0800. The van der Waals surface area contributed by atoms with Crippen LogP contribution in [0.2, 0.25) is 5.02 Å². The molecule has 1 N–H and O–H groups in total. The van der Waals surface area contributed by atoms with Crippen molar-refractivity contribution in [2.24, 2.45) is 0 Å². The summed E-state index contributed by atoms with van der Waals surface area (Å²) in [5, 5.41) is 2.86. The van der Waals surface area contributed by atoms with E-state index in [1.165, 1.54) is 6.08 Å². The second-order valence-electron chi connectivity index (χ2n) is 7.59. The third-order valence-corrected chi connectivity index (χ3v) is 7.81. The molecule has 0 saturated carbocycles. The quantitative estimate of drug-likeness (QED) is 0.174. The van der Waals surface area contributed by atoms with Crippen molar-refractivity contribution in [3.05, 3.63) is 94.4 Å². The molecule has 3 aromatic rings. The minimum absolute atomic E-state index is 0.155. The minimum Gasteiger partial charge on any atom is -0.487 e. The number of rotatable bonds is 5. The number of halogens is 4. The van der Waals surface area contributed by atoms with Crippen LogP contribution in [0.15, 0.2) is 69.1 Å². The van der Waals surface area contributed by atoms with Crippen LogP contribution < -0.4 is 15.0 Å². The Labute approximate surface area is 237 Å². The van der Waals surface area contributed by atoms with Gasteiger partial charge in [0.15, 0.2) is 0 Å². The monoisotopic (exact) mass is 728 g/mol. The number of carbonyl (C=O) groups is 3. The number of imide groups is 2. The van der Waals surface area contributed by atoms with Crippen LogP contribution in [-0.4, -0.2) is 17.8 Å². The van der Waals surface area contributed by atoms with E-state index in [4.69, 9.17) is 16.3 Å². The first-order valence-electron chi connectivity index (χ1n) is 10.2. The molecule has 0 spiro atoms. The Morgan fingerprint density at radius 2 is 1.80 bits per heavy atom. The largest absolute Gasteiger partial charge is 0.487 e. The van der Waals surface area contributed by atoms with Crippen LogP contribution in [0.25, 0.3) is 6.08 Å². The van der Waals surface area contributed by atoms with E-state index in [1.807, 2.05) is 25.1 Å². The molecule has 1 fully saturated rings. The van der Waals surface area contributed by atoms with Crippen LogP contribution >= 0.6 is 66.1 Å². The second-order valence-corrected chi connectivity index (χ2v) is 10.9. The normalized spacial score (nSPS) is 14.9. The van der Waals surface area contributed by atoms with E-state index in [0.29, 0.717) is 26.5 Å². The molecule has 4 amide bonds. The highest BCUT2D eigenvalue weighted by atomic mass is 127. The first-order chi connectivity index (χ1) is 16.7. The van der Waals surface area contributed by atoms with E-state index >= 15 is 0 Å². The Bertz CT molecular complexity index is 1390. The second kappa shape index (κ2) is 10.8. The summed E-state index contributed by atoms with van der Waals surface area (Å²) in [6.45, 7) is 2.12. The average molecular weight is 731 g/mol. The molecule has 0 radical (unpaired) electrons. The predicted molar refractivity (Wildman–Crippen MR) is 151 cm³/mol. The average Bonchev–Trinajstić information content (AvgIpc) is 2.79. The molecule has 1 aliphatic rings. The van der Waals surface area contributed by atoms with Crippen molar-refractivity contribution in [3.63, 3.8) is 0 Å². The van der Waals surface area contributed by atoms with Crippen LogP contribution in [0.1, 0.15) is 16.7 Å². The van der Waals surface area contributed by atoms with Gasteiger partial charge in [-0.05, 0) is 99.0 Å². The van der Waals surface area contributed by atoms with E-state index in [1.54, 1.807) is 36.4 Å². The number of amides is 4. The molecule has 1 saturated heterocycles. The maximum atomic E-state index is 13.2. The number of barbiturate groups is 1. The highest BCUT2D eigenvalue weighted by Crippen LogP contribution is 2.34. The van der Waals surface area contributed by atoms with Crippen molar-refractivity contribution in [1.82, 2.24) is 5.32 Å². The molecule has 6 nitrogen and oxygen atoms in total. The molecule has 0 unspecified atom stereocenters. The fourth-order valence-electron chi connectivity index (χ4n) is 3.39. The summed E-state index contributed by atoms with van der Waals surface area (Å²) in [5.74, 6) is -0.852. The lowest BCUT2D eigenvalue weighted by Gasteiger charge is -2.26. The molecular weight excluding hydrogens is 714 g/mol. The van der Waals surface area contributed by atoms with Crippen LogP contribution in [0, 0.1) is 10.5 Å². The molecular formula is C25H16Br2ClIN2O4. The molecule has 3 aromatic carbocycles. The Morgan fingerprint density at radius 3 is 2.49 bits per heavy atom. The Morgan fingerprint density at radius 1 is 1.06 bits per heavy atom. The molecule has 10 heteroatoms. The van der Waals surface area contributed by atoms with Crippen LogP contribution in [0.4, 0.5) is 10.5 Å². The van der Waals surface area contributed by atoms with Gasteiger partial charge < -0.3 is 4.74 Å². The van der Waals surface area contributed by atoms with Gasteiger partial charge in [0.2, 0.25) is 0 Å². The van der Waals surface area contributed by atoms with Crippen molar-refractivity contribution < 1.29 is 19.1 Å². The van der Waals surface area contributed by atoms with Crippen molar-refractivity contribution in [1.29, 1.82) is 0 Å². The van der Waals surface area contributed by atoms with Gasteiger partial charge in [-0.1, -0.05) is 45.7 Å². The molecule has 0 bridgehead atoms. The highest BCUT2D eigenvalue weighted by Gasteiger charge is 2.37. The summed E-state index contributed by atoms with van der Waals surface area (Å²) >= 11 is 15.2. The summed E-state index contributed by atoms with van der Waals surface area (Å²) in [6, 6.07) is 15.2. The molecule has 1 aliphatic heterocycles. The number of nitrogens with zero attached hydrogens (tertiary/aromatic N) is 1. The number of carbonyl (C=O) groups excluding carboxylic acids is 3. The lowest BCUT2D eigenvalue weighted by atomic mass is 10.1. The number of urea groups is 1. The maximum Gasteiger partial charge on any atom is 0.335 e. The van der Waals surface area contributed by atoms with E-state index in [2.05, 4.69) is 59.8 Å². The molecule has 0 aromatic heterocycles. The van der Waals surface area contributed by atoms with Crippen molar-refractivity contribution in [2.45, 2.75) is 13.5 Å². The summed E-state index contributed by atoms with van der Waals surface area (Å²) in [6.07, 6.45) is 1.45. The van der Waals surface area contributed by atoms with Gasteiger partial charge in [0.1, 0.15) is 17.9 Å². The molecule has 35 heavy (non-hydrogen) atoms. The van der Waals surface area contributed by atoms with Crippen molar-refractivity contribution >= 4 is 95.7 Å². The maximum absolute atomic E-state index is 13.2. The zero-order valence-corrected chi connectivity index (χ0v) is 24.2. The van der Waals surface area contributed by atoms with Gasteiger partial charge in [-0.25, -0.2) is 9.69 Å². The lowest BCUT2D eigenvalue weighted by Crippen LogP contribution is -2.54. The molecule has 0 atom stereocenters. The molecule has 1 heterocycles. The number of benzene rings is 3. The zero-order valence-electron chi connectivity index (χ0n) is 18.1. The van der Waals surface area contributed by atoms with E-state index in [9.17, 15) is 14.4 Å². The summed E-state index contributed by atoms with van der Waals surface area (Å²) in [7, 11) is 0. The summed E-state index contributed by atoms with van der Waals surface area (Å²) in [4.78, 5) is 39.2. The van der Waals surface area contributed by atoms with Crippen molar-refractivity contribution in [3.8, 4) is 5.75 Å².